The van der Waals surface area contributed by atoms with Crippen LogP contribution in [0.5, 0.6) is 5.75 Å². The monoisotopic (exact) mass is 253 g/mol. The first kappa shape index (κ1) is 12.4. The molecule has 0 atom stereocenters. The topological polar surface area (TPSA) is 52.3 Å². The van der Waals surface area contributed by atoms with Gasteiger partial charge in [-0.2, -0.15) is 0 Å². The van der Waals surface area contributed by atoms with E-state index in [4.69, 9.17) is 22.1 Å². The molecule has 1 aliphatic carbocycles. The van der Waals surface area contributed by atoms with Crippen LogP contribution in [-0.4, -0.2) is 19.4 Å². The zero-order valence-corrected chi connectivity index (χ0v) is 10.6. The van der Waals surface area contributed by atoms with E-state index in [1.54, 1.807) is 0 Å². The lowest BCUT2D eigenvalue weighted by atomic mass is 9.89. The van der Waals surface area contributed by atoms with Crippen LogP contribution in [0.15, 0.2) is 6.07 Å². The van der Waals surface area contributed by atoms with Crippen molar-refractivity contribution in [3.63, 3.8) is 0 Å². The van der Waals surface area contributed by atoms with Crippen LogP contribution in [0.25, 0.3) is 0 Å². The summed E-state index contributed by atoms with van der Waals surface area (Å²) < 4.78 is 5.26. The van der Waals surface area contributed by atoms with Crippen LogP contribution >= 0.6 is 11.6 Å². The minimum atomic E-state index is -0.128. The van der Waals surface area contributed by atoms with Crippen LogP contribution in [0.4, 0.5) is 0 Å². The van der Waals surface area contributed by atoms with Crippen molar-refractivity contribution < 1.29 is 9.53 Å². The third kappa shape index (κ3) is 2.17. The van der Waals surface area contributed by atoms with Crippen LogP contribution in [-0.2, 0) is 12.8 Å². The molecule has 92 valence electrons. The van der Waals surface area contributed by atoms with E-state index < -0.39 is 0 Å². The van der Waals surface area contributed by atoms with Gasteiger partial charge in [-0.05, 0) is 42.9 Å². The van der Waals surface area contributed by atoms with Gasteiger partial charge in [-0.1, -0.05) is 11.6 Å². The Hall–Kier alpha value is -1.06. The number of nitrogens with two attached hydrogens (primary N) is 1. The summed E-state index contributed by atoms with van der Waals surface area (Å²) in [6.45, 7) is -0.0223. The van der Waals surface area contributed by atoms with E-state index in [-0.39, 0.29) is 12.3 Å². The molecule has 1 aromatic carbocycles. The molecule has 0 aromatic heterocycles. The predicted octanol–water partition coefficient (Wildman–Crippen LogP) is 2.37. The quantitative estimate of drug-likeness (QED) is 0.842. The number of hydrogen-bond donors (Lipinski definition) is 1. The van der Waals surface area contributed by atoms with Crippen molar-refractivity contribution in [3.05, 3.63) is 27.8 Å². The van der Waals surface area contributed by atoms with Gasteiger partial charge < -0.3 is 10.5 Å². The van der Waals surface area contributed by atoms with Crippen LogP contribution in [0.2, 0.25) is 5.02 Å². The number of fused-ring (bicyclic) bond motifs is 1. The second kappa shape index (κ2) is 5.07. The van der Waals surface area contributed by atoms with Crippen LogP contribution in [0.3, 0.4) is 0 Å². The SMILES string of the molecule is COc1c(C(=O)CN)cc2c(c1Cl)CCCC2. The number of Topliss-reactive ketones (excluding diaryl/α,β-unsaturated/α-hetero) is 1. The highest BCUT2D eigenvalue weighted by Crippen LogP contribution is 2.38. The van der Waals surface area contributed by atoms with Crippen molar-refractivity contribution in [1.29, 1.82) is 0 Å². The number of aryl methyl sites for hydroxylation is 1. The lowest BCUT2D eigenvalue weighted by Crippen LogP contribution is -2.16. The van der Waals surface area contributed by atoms with Gasteiger partial charge >= 0.3 is 0 Å². The van der Waals surface area contributed by atoms with Gasteiger partial charge in [0.15, 0.2) is 5.78 Å². The van der Waals surface area contributed by atoms with E-state index in [9.17, 15) is 4.79 Å². The molecule has 0 bridgehead atoms. The highest BCUT2D eigenvalue weighted by Gasteiger charge is 2.22. The molecule has 0 amide bonds. The average Bonchev–Trinajstić information content (AvgIpc) is 2.37. The van der Waals surface area contributed by atoms with E-state index in [0.717, 1.165) is 31.2 Å². The minimum absolute atomic E-state index is 0.0223. The Balaban J connectivity index is 2.59. The Morgan fingerprint density at radius 2 is 2.18 bits per heavy atom. The molecule has 17 heavy (non-hydrogen) atoms. The zero-order chi connectivity index (χ0) is 12.4. The molecule has 1 aliphatic rings. The first-order chi connectivity index (χ1) is 8.19. The van der Waals surface area contributed by atoms with Crippen molar-refractivity contribution in [1.82, 2.24) is 0 Å². The Kier molecular flexibility index (Phi) is 3.69. The molecule has 0 spiro atoms. The Morgan fingerprint density at radius 3 is 2.82 bits per heavy atom. The summed E-state index contributed by atoms with van der Waals surface area (Å²) in [5.74, 6) is 0.347. The Morgan fingerprint density at radius 1 is 1.47 bits per heavy atom. The van der Waals surface area contributed by atoms with Gasteiger partial charge in [-0.3, -0.25) is 4.79 Å². The fourth-order valence-corrected chi connectivity index (χ4v) is 2.75. The van der Waals surface area contributed by atoms with Gasteiger partial charge in [0, 0.05) is 0 Å². The number of rotatable bonds is 3. The number of hydrogen-bond acceptors (Lipinski definition) is 3. The molecule has 3 nitrogen and oxygen atoms in total. The second-order valence-corrected chi connectivity index (χ2v) is 4.62. The maximum Gasteiger partial charge on any atom is 0.180 e. The molecular formula is C13H16ClNO2. The third-order valence-electron chi connectivity index (χ3n) is 3.23. The molecule has 0 aliphatic heterocycles. The third-order valence-corrected chi connectivity index (χ3v) is 3.63. The highest BCUT2D eigenvalue weighted by molar-refractivity contribution is 6.33. The number of halogens is 1. The van der Waals surface area contributed by atoms with Gasteiger partial charge in [-0.15, -0.1) is 0 Å². The molecule has 2 N–H and O–H groups in total. The van der Waals surface area contributed by atoms with Gasteiger partial charge in [-0.25, -0.2) is 0 Å². The molecule has 0 heterocycles. The number of benzene rings is 1. The number of methoxy groups -OCH3 is 1. The smallest absolute Gasteiger partial charge is 0.180 e. The summed E-state index contributed by atoms with van der Waals surface area (Å²) in [5.41, 5.74) is 8.21. The van der Waals surface area contributed by atoms with Gasteiger partial charge in [0.1, 0.15) is 5.75 Å². The summed E-state index contributed by atoms with van der Waals surface area (Å²) in [6.07, 6.45) is 4.22. The van der Waals surface area contributed by atoms with E-state index in [1.807, 2.05) is 6.07 Å². The predicted molar refractivity (Wildman–Crippen MR) is 68.0 cm³/mol. The van der Waals surface area contributed by atoms with Gasteiger partial charge in [0.25, 0.3) is 0 Å². The van der Waals surface area contributed by atoms with Crippen LogP contribution in [0, 0.1) is 0 Å². The minimum Gasteiger partial charge on any atom is -0.494 e. The molecule has 0 saturated heterocycles. The summed E-state index contributed by atoms with van der Waals surface area (Å²) in [4.78, 5) is 11.8. The molecular weight excluding hydrogens is 238 g/mol. The van der Waals surface area contributed by atoms with Crippen molar-refractivity contribution in [2.75, 3.05) is 13.7 Å². The molecule has 0 saturated carbocycles. The van der Waals surface area contributed by atoms with Crippen molar-refractivity contribution in [2.45, 2.75) is 25.7 Å². The zero-order valence-electron chi connectivity index (χ0n) is 9.88. The second-order valence-electron chi connectivity index (χ2n) is 4.24. The van der Waals surface area contributed by atoms with Crippen molar-refractivity contribution in [3.8, 4) is 5.75 Å². The van der Waals surface area contributed by atoms with E-state index in [2.05, 4.69) is 0 Å². The summed E-state index contributed by atoms with van der Waals surface area (Å²) >= 11 is 6.32. The van der Waals surface area contributed by atoms with Crippen LogP contribution < -0.4 is 10.5 Å². The first-order valence-corrected chi connectivity index (χ1v) is 6.18. The molecule has 1 aromatic rings. The largest absolute Gasteiger partial charge is 0.494 e. The summed E-state index contributed by atoms with van der Waals surface area (Å²) in [6, 6.07) is 1.90. The molecule has 4 heteroatoms. The Labute approximate surface area is 106 Å². The molecule has 0 unspecified atom stereocenters. The van der Waals surface area contributed by atoms with Crippen molar-refractivity contribution >= 4 is 17.4 Å². The van der Waals surface area contributed by atoms with E-state index in [0.29, 0.717) is 16.3 Å². The first-order valence-electron chi connectivity index (χ1n) is 5.80. The average molecular weight is 254 g/mol. The standard InChI is InChI=1S/C13H16ClNO2/c1-17-13-10(11(16)7-15)6-8-4-2-3-5-9(8)12(13)14/h6H,2-5,7,15H2,1H3. The fraction of sp³-hybridized carbons (Fsp3) is 0.462. The summed E-state index contributed by atoms with van der Waals surface area (Å²) in [5, 5.41) is 0.585. The maximum absolute atomic E-state index is 11.8. The fourth-order valence-electron chi connectivity index (χ4n) is 2.35. The molecule has 0 fully saturated rings. The number of ketones is 1. The summed E-state index contributed by atoms with van der Waals surface area (Å²) in [7, 11) is 1.53. The normalized spacial score (nSPS) is 14.3. The molecule has 0 radical (unpaired) electrons. The number of carbonyl (C=O) groups excluding carboxylic acids is 1. The number of ether oxygens (including phenoxy) is 1. The lowest BCUT2D eigenvalue weighted by molar-refractivity contribution is 0.0998. The van der Waals surface area contributed by atoms with Gasteiger partial charge in [0.2, 0.25) is 0 Å². The Bertz CT molecular complexity index is 457. The maximum atomic E-state index is 11.8. The number of carbonyl (C=O) groups is 1. The van der Waals surface area contributed by atoms with Gasteiger partial charge in [0.05, 0.1) is 24.2 Å². The lowest BCUT2D eigenvalue weighted by Gasteiger charge is -2.20. The molecule has 2 rings (SSSR count). The van der Waals surface area contributed by atoms with E-state index in [1.165, 1.54) is 12.7 Å². The van der Waals surface area contributed by atoms with E-state index >= 15 is 0 Å². The van der Waals surface area contributed by atoms with Crippen LogP contribution in [0.1, 0.15) is 34.3 Å². The highest BCUT2D eigenvalue weighted by atomic mass is 35.5. The van der Waals surface area contributed by atoms with Crippen molar-refractivity contribution in [2.24, 2.45) is 5.73 Å².